The van der Waals surface area contributed by atoms with Crippen molar-refractivity contribution in [3.63, 3.8) is 0 Å². The van der Waals surface area contributed by atoms with Crippen LogP contribution in [0.1, 0.15) is 41.0 Å². The van der Waals surface area contributed by atoms with Gasteiger partial charge in [0, 0.05) is 4.75 Å². The van der Waals surface area contributed by atoms with Crippen LogP contribution in [-0.2, 0) is 0 Å². The second-order valence-electron chi connectivity index (χ2n) is 4.47. The first-order chi connectivity index (χ1) is 5.96. The van der Waals surface area contributed by atoms with E-state index in [1.165, 1.54) is 5.57 Å². The summed E-state index contributed by atoms with van der Waals surface area (Å²) >= 11 is 1.94. The molecule has 0 saturated heterocycles. The molecule has 0 atom stereocenters. The molecule has 0 nitrogen and oxygen atoms in total. The van der Waals surface area contributed by atoms with Crippen LogP contribution in [0.2, 0.25) is 0 Å². The normalized spacial score (nSPS) is 21.4. The van der Waals surface area contributed by atoms with E-state index in [1.807, 2.05) is 11.8 Å². The second kappa shape index (κ2) is 3.91. The van der Waals surface area contributed by atoms with Crippen LogP contribution in [0, 0.1) is 5.92 Å². The molecule has 0 amide bonds. The van der Waals surface area contributed by atoms with Crippen molar-refractivity contribution in [1.82, 2.24) is 0 Å². The summed E-state index contributed by atoms with van der Waals surface area (Å²) in [5.74, 6) is 0.662. The molecule has 0 N–H and O–H groups in total. The highest BCUT2D eigenvalue weighted by Gasteiger charge is 2.22. The topological polar surface area (TPSA) is 0 Å². The first kappa shape index (κ1) is 10.9. The van der Waals surface area contributed by atoms with E-state index in [4.69, 9.17) is 0 Å². The van der Waals surface area contributed by atoms with Gasteiger partial charge in [-0.25, -0.2) is 0 Å². The highest BCUT2D eigenvalue weighted by atomic mass is 32.2. The van der Waals surface area contributed by atoms with E-state index in [1.54, 1.807) is 5.57 Å². The molecule has 0 unspecified atom stereocenters. The Morgan fingerprint density at radius 3 is 2.46 bits per heavy atom. The Morgan fingerprint density at radius 2 is 2.00 bits per heavy atom. The van der Waals surface area contributed by atoms with Crippen LogP contribution >= 0.6 is 11.8 Å². The van der Waals surface area contributed by atoms with Gasteiger partial charge in [0.05, 0.1) is 0 Å². The summed E-state index contributed by atoms with van der Waals surface area (Å²) in [5.41, 5.74) is 3.07. The Balaban J connectivity index is 2.92. The van der Waals surface area contributed by atoms with Gasteiger partial charge < -0.3 is 0 Å². The Hall–Kier alpha value is -0.170. The van der Waals surface area contributed by atoms with Gasteiger partial charge in [0.25, 0.3) is 0 Å². The summed E-state index contributed by atoms with van der Waals surface area (Å²) in [4.78, 5) is 0. The standard InChI is InChI=1S/C12H20S/c1-6-10-7-12(4,5)13-8-11(10)9(2)3/h7-9H,6H2,1-5H3. The number of rotatable bonds is 2. The number of hydrogen-bond acceptors (Lipinski definition) is 1. The van der Waals surface area contributed by atoms with Crippen molar-refractivity contribution in [2.75, 3.05) is 0 Å². The van der Waals surface area contributed by atoms with Crippen molar-refractivity contribution in [2.45, 2.75) is 45.8 Å². The molecule has 0 aromatic heterocycles. The minimum absolute atomic E-state index is 0.295. The highest BCUT2D eigenvalue weighted by Crippen LogP contribution is 2.39. The van der Waals surface area contributed by atoms with Crippen LogP contribution in [0.25, 0.3) is 0 Å². The van der Waals surface area contributed by atoms with Crippen LogP contribution in [0.5, 0.6) is 0 Å². The summed E-state index contributed by atoms with van der Waals surface area (Å²) in [6, 6.07) is 0. The first-order valence-electron chi connectivity index (χ1n) is 5.06. The molecule has 13 heavy (non-hydrogen) atoms. The Kier molecular flexibility index (Phi) is 3.28. The molecule has 1 heteroatoms. The van der Waals surface area contributed by atoms with E-state index >= 15 is 0 Å². The van der Waals surface area contributed by atoms with E-state index in [0.29, 0.717) is 10.7 Å². The summed E-state index contributed by atoms with van der Waals surface area (Å²) in [5, 5.41) is 2.35. The third-order valence-corrected chi connectivity index (χ3v) is 3.48. The molecule has 0 radical (unpaired) electrons. The van der Waals surface area contributed by atoms with Crippen molar-refractivity contribution < 1.29 is 0 Å². The smallest absolute Gasteiger partial charge is 0.0329 e. The Morgan fingerprint density at radius 1 is 1.38 bits per heavy atom. The van der Waals surface area contributed by atoms with Crippen molar-refractivity contribution >= 4 is 11.8 Å². The molecule has 0 aliphatic carbocycles. The van der Waals surface area contributed by atoms with Gasteiger partial charge in [-0.2, -0.15) is 0 Å². The fourth-order valence-corrected chi connectivity index (χ4v) is 2.71. The molecule has 0 saturated carbocycles. The fraction of sp³-hybridized carbons (Fsp3) is 0.667. The number of hydrogen-bond donors (Lipinski definition) is 0. The van der Waals surface area contributed by atoms with Crippen molar-refractivity contribution in [3.8, 4) is 0 Å². The SMILES string of the molecule is CCC1=CC(C)(C)SC=C1C(C)C. The molecule has 74 valence electrons. The molecule has 0 aromatic carbocycles. The summed E-state index contributed by atoms with van der Waals surface area (Å²) in [6.45, 7) is 11.3. The summed E-state index contributed by atoms with van der Waals surface area (Å²) in [6.07, 6.45) is 3.58. The lowest BCUT2D eigenvalue weighted by atomic mass is 9.92. The lowest BCUT2D eigenvalue weighted by Crippen LogP contribution is -2.15. The Labute approximate surface area is 86.5 Å². The quantitative estimate of drug-likeness (QED) is 0.631. The predicted octanol–water partition coefficient (Wildman–Crippen LogP) is 4.39. The van der Waals surface area contributed by atoms with Gasteiger partial charge in [-0.1, -0.05) is 26.8 Å². The molecule has 1 aliphatic heterocycles. The van der Waals surface area contributed by atoms with Crippen LogP contribution < -0.4 is 0 Å². The first-order valence-corrected chi connectivity index (χ1v) is 5.94. The zero-order valence-electron chi connectivity index (χ0n) is 9.35. The summed E-state index contributed by atoms with van der Waals surface area (Å²) in [7, 11) is 0. The van der Waals surface area contributed by atoms with Crippen LogP contribution in [0.3, 0.4) is 0 Å². The lowest BCUT2D eigenvalue weighted by molar-refractivity contribution is 0.755. The van der Waals surface area contributed by atoms with Gasteiger partial charge in [-0.05, 0) is 42.7 Å². The maximum Gasteiger partial charge on any atom is 0.0329 e. The van der Waals surface area contributed by atoms with Crippen LogP contribution in [0.15, 0.2) is 22.6 Å². The molecule has 0 spiro atoms. The fourth-order valence-electron chi connectivity index (χ4n) is 1.64. The molecule has 1 rings (SSSR count). The predicted molar refractivity (Wildman–Crippen MR) is 63.0 cm³/mol. The largest absolute Gasteiger partial charge is 0.123 e. The third kappa shape index (κ3) is 2.63. The molecule has 0 bridgehead atoms. The number of thioether (sulfide) groups is 1. The van der Waals surface area contributed by atoms with E-state index < -0.39 is 0 Å². The zero-order chi connectivity index (χ0) is 10.1. The Bertz CT molecular complexity index is 244. The lowest BCUT2D eigenvalue weighted by Gasteiger charge is -2.28. The van der Waals surface area contributed by atoms with Gasteiger partial charge in [0.15, 0.2) is 0 Å². The maximum absolute atomic E-state index is 2.42. The molecule has 1 aliphatic rings. The van der Waals surface area contributed by atoms with Crippen molar-refractivity contribution in [1.29, 1.82) is 0 Å². The van der Waals surface area contributed by atoms with Crippen LogP contribution in [-0.4, -0.2) is 4.75 Å². The second-order valence-corrected chi connectivity index (χ2v) is 6.00. The van der Waals surface area contributed by atoms with Crippen molar-refractivity contribution in [3.05, 3.63) is 22.6 Å². The number of allylic oxidation sites excluding steroid dienone is 2. The van der Waals surface area contributed by atoms with E-state index in [9.17, 15) is 0 Å². The monoisotopic (exact) mass is 196 g/mol. The van der Waals surface area contributed by atoms with Gasteiger partial charge in [-0.15, -0.1) is 11.8 Å². The van der Waals surface area contributed by atoms with Gasteiger partial charge in [0.1, 0.15) is 0 Å². The molecular weight excluding hydrogens is 176 g/mol. The summed E-state index contributed by atoms with van der Waals surface area (Å²) < 4.78 is 0.295. The molecule has 0 aromatic rings. The average Bonchev–Trinajstić information content (AvgIpc) is 2.01. The van der Waals surface area contributed by atoms with E-state index in [2.05, 4.69) is 46.1 Å². The highest BCUT2D eigenvalue weighted by molar-refractivity contribution is 8.03. The van der Waals surface area contributed by atoms with Crippen molar-refractivity contribution in [2.24, 2.45) is 5.92 Å². The van der Waals surface area contributed by atoms with Crippen LogP contribution in [0.4, 0.5) is 0 Å². The average molecular weight is 196 g/mol. The van der Waals surface area contributed by atoms with E-state index in [0.717, 1.165) is 6.42 Å². The molecule has 1 heterocycles. The van der Waals surface area contributed by atoms with Gasteiger partial charge >= 0.3 is 0 Å². The minimum Gasteiger partial charge on any atom is -0.123 e. The maximum atomic E-state index is 2.42. The third-order valence-electron chi connectivity index (χ3n) is 2.39. The van der Waals surface area contributed by atoms with Gasteiger partial charge in [-0.3, -0.25) is 0 Å². The minimum atomic E-state index is 0.295. The molecular formula is C12H20S. The van der Waals surface area contributed by atoms with E-state index in [-0.39, 0.29) is 0 Å². The van der Waals surface area contributed by atoms with Gasteiger partial charge in [0.2, 0.25) is 0 Å². The molecule has 0 fully saturated rings. The zero-order valence-corrected chi connectivity index (χ0v) is 10.2.